The summed E-state index contributed by atoms with van der Waals surface area (Å²) >= 11 is 0. The Balaban J connectivity index is 1.55. The maximum Gasteiger partial charge on any atom is 0.0830 e. The van der Waals surface area contributed by atoms with Crippen LogP contribution in [0.4, 0.5) is 5.69 Å². The smallest absolute Gasteiger partial charge is 0.0830 e. The molecule has 1 N–H and O–H groups in total. The number of aromatic amines is 1. The lowest BCUT2D eigenvalue weighted by atomic mass is 9.96. The van der Waals surface area contributed by atoms with Crippen molar-refractivity contribution in [1.29, 1.82) is 0 Å². The van der Waals surface area contributed by atoms with Crippen LogP contribution < -0.4 is 4.90 Å². The van der Waals surface area contributed by atoms with Crippen LogP contribution in [0.3, 0.4) is 0 Å². The van der Waals surface area contributed by atoms with Crippen LogP contribution in [0.2, 0.25) is 0 Å². The summed E-state index contributed by atoms with van der Waals surface area (Å²) in [4.78, 5) is 11.0. The molecule has 0 atom stereocenters. The number of aryl methyl sites for hydroxylation is 4. The van der Waals surface area contributed by atoms with E-state index in [1.165, 1.54) is 50.2 Å². The van der Waals surface area contributed by atoms with Gasteiger partial charge in [0.15, 0.2) is 0 Å². The minimum atomic E-state index is 0.902. The predicted molar refractivity (Wildman–Crippen MR) is 123 cm³/mol. The van der Waals surface area contributed by atoms with Crippen molar-refractivity contribution in [1.82, 2.24) is 19.7 Å². The number of rotatable bonds is 3. The van der Waals surface area contributed by atoms with Crippen LogP contribution in [0.5, 0.6) is 0 Å². The number of aromatic nitrogens is 4. The topological polar surface area (TPSA) is 49.7 Å². The molecule has 1 aliphatic rings. The van der Waals surface area contributed by atoms with Crippen LogP contribution in [0.25, 0.3) is 22.2 Å². The molecule has 0 amide bonds. The van der Waals surface area contributed by atoms with Gasteiger partial charge in [0.2, 0.25) is 0 Å². The summed E-state index contributed by atoms with van der Waals surface area (Å²) < 4.78 is 2.11. The van der Waals surface area contributed by atoms with Crippen LogP contribution in [0, 0.1) is 27.7 Å². The van der Waals surface area contributed by atoms with Crippen molar-refractivity contribution < 1.29 is 0 Å². The second kappa shape index (κ2) is 7.01. The van der Waals surface area contributed by atoms with E-state index in [0.717, 1.165) is 37.4 Å². The molecule has 5 heteroatoms. The Morgan fingerprint density at radius 2 is 1.93 bits per heavy atom. The van der Waals surface area contributed by atoms with E-state index < -0.39 is 0 Å². The predicted octanol–water partition coefficient (Wildman–Crippen LogP) is 5.24. The second-order valence-corrected chi connectivity index (χ2v) is 8.46. The molecule has 0 fully saturated rings. The number of benzene rings is 1. The molecule has 5 rings (SSSR count). The molecule has 0 radical (unpaired) electrons. The number of pyridine rings is 1. The van der Waals surface area contributed by atoms with Crippen LogP contribution in [0.1, 0.15) is 40.7 Å². The molecule has 3 aromatic heterocycles. The Morgan fingerprint density at radius 1 is 1.10 bits per heavy atom. The first kappa shape index (κ1) is 18.9. The van der Waals surface area contributed by atoms with Gasteiger partial charge in [0.25, 0.3) is 0 Å². The SMILES string of the molecule is CCn1nc(C)c(N2CCc3nc(-c4cccc5[nH]cc(C)c45)cc(C)c3C2)c1C. The number of hydrogen-bond donors (Lipinski definition) is 1. The first-order valence-corrected chi connectivity index (χ1v) is 10.8. The lowest BCUT2D eigenvalue weighted by Crippen LogP contribution is -2.32. The highest BCUT2D eigenvalue weighted by molar-refractivity contribution is 5.96. The van der Waals surface area contributed by atoms with E-state index in [4.69, 9.17) is 10.1 Å². The minimum absolute atomic E-state index is 0.902. The van der Waals surface area contributed by atoms with Gasteiger partial charge in [0, 0.05) is 54.4 Å². The number of anilines is 1. The average Bonchev–Trinajstić information content (AvgIpc) is 3.26. The molecule has 1 aromatic carbocycles. The lowest BCUT2D eigenvalue weighted by Gasteiger charge is -2.31. The van der Waals surface area contributed by atoms with E-state index in [0.29, 0.717) is 0 Å². The van der Waals surface area contributed by atoms with Gasteiger partial charge < -0.3 is 9.88 Å². The van der Waals surface area contributed by atoms with E-state index in [1.54, 1.807) is 0 Å². The fraction of sp³-hybridized carbons (Fsp3) is 0.360. The third kappa shape index (κ3) is 2.83. The highest BCUT2D eigenvalue weighted by atomic mass is 15.3. The van der Waals surface area contributed by atoms with Crippen molar-refractivity contribution in [3.05, 3.63) is 64.2 Å². The Labute approximate surface area is 177 Å². The van der Waals surface area contributed by atoms with Gasteiger partial charge in [0.1, 0.15) is 0 Å². The number of H-pyrrole nitrogens is 1. The van der Waals surface area contributed by atoms with Crippen molar-refractivity contribution in [3.8, 4) is 11.3 Å². The Bertz CT molecular complexity index is 1260. The quantitative estimate of drug-likeness (QED) is 0.512. The summed E-state index contributed by atoms with van der Waals surface area (Å²) in [5, 5.41) is 6.00. The van der Waals surface area contributed by atoms with E-state index in [-0.39, 0.29) is 0 Å². The van der Waals surface area contributed by atoms with Gasteiger partial charge >= 0.3 is 0 Å². The fourth-order valence-corrected chi connectivity index (χ4v) is 5.05. The van der Waals surface area contributed by atoms with E-state index in [2.05, 4.69) is 79.6 Å². The molecule has 154 valence electrons. The van der Waals surface area contributed by atoms with Gasteiger partial charge in [-0.15, -0.1) is 0 Å². The van der Waals surface area contributed by atoms with Gasteiger partial charge in [-0.2, -0.15) is 5.10 Å². The lowest BCUT2D eigenvalue weighted by molar-refractivity contribution is 0.633. The molecule has 5 nitrogen and oxygen atoms in total. The third-order valence-electron chi connectivity index (χ3n) is 6.54. The summed E-state index contributed by atoms with van der Waals surface area (Å²) in [7, 11) is 0. The van der Waals surface area contributed by atoms with Gasteiger partial charge in [0.05, 0.1) is 22.8 Å². The molecular weight excluding hydrogens is 370 g/mol. The number of hydrogen-bond acceptors (Lipinski definition) is 3. The minimum Gasteiger partial charge on any atom is -0.364 e. The van der Waals surface area contributed by atoms with E-state index >= 15 is 0 Å². The van der Waals surface area contributed by atoms with Crippen molar-refractivity contribution in [2.75, 3.05) is 11.4 Å². The fourth-order valence-electron chi connectivity index (χ4n) is 5.05. The number of nitrogens with one attached hydrogen (secondary N) is 1. The molecule has 0 spiro atoms. The maximum atomic E-state index is 5.15. The average molecular weight is 400 g/mol. The summed E-state index contributed by atoms with van der Waals surface area (Å²) in [6, 6.07) is 8.70. The van der Waals surface area contributed by atoms with Gasteiger partial charge in [-0.25, -0.2) is 0 Å². The van der Waals surface area contributed by atoms with E-state index in [9.17, 15) is 0 Å². The summed E-state index contributed by atoms with van der Waals surface area (Å²) in [6.45, 7) is 13.6. The molecule has 30 heavy (non-hydrogen) atoms. The molecule has 0 saturated carbocycles. The van der Waals surface area contributed by atoms with Crippen LogP contribution in [-0.2, 0) is 19.5 Å². The summed E-state index contributed by atoms with van der Waals surface area (Å²) in [5.74, 6) is 0. The zero-order valence-electron chi connectivity index (χ0n) is 18.5. The summed E-state index contributed by atoms with van der Waals surface area (Å²) in [6.07, 6.45) is 3.04. The van der Waals surface area contributed by atoms with Crippen LogP contribution in [0.15, 0.2) is 30.5 Å². The maximum absolute atomic E-state index is 5.15. The molecule has 0 saturated heterocycles. The summed E-state index contributed by atoms with van der Waals surface area (Å²) in [5.41, 5.74) is 12.3. The van der Waals surface area contributed by atoms with E-state index in [1.807, 2.05) is 0 Å². The Hall–Kier alpha value is -3.08. The molecule has 0 aliphatic carbocycles. The molecule has 0 unspecified atom stereocenters. The Kier molecular flexibility index (Phi) is 4.42. The number of fused-ring (bicyclic) bond motifs is 2. The van der Waals surface area contributed by atoms with Gasteiger partial charge in [-0.3, -0.25) is 9.67 Å². The largest absolute Gasteiger partial charge is 0.364 e. The normalized spacial score (nSPS) is 13.8. The first-order valence-electron chi connectivity index (χ1n) is 10.8. The highest BCUT2D eigenvalue weighted by Crippen LogP contribution is 2.34. The zero-order chi connectivity index (χ0) is 21.0. The first-order chi connectivity index (χ1) is 14.5. The van der Waals surface area contributed by atoms with Crippen molar-refractivity contribution in [2.45, 2.75) is 54.1 Å². The zero-order valence-corrected chi connectivity index (χ0v) is 18.5. The van der Waals surface area contributed by atoms with Crippen LogP contribution in [-0.4, -0.2) is 26.3 Å². The monoisotopic (exact) mass is 399 g/mol. The second-order valence-electron chi connectivity index (χ2n) is 8.46. The standard InChI is InChI=1S/C25H29N5/c1-6-30-18(5)25(17(4)28-30)29-11-10-21-20(14-29)15(2)12-23(27-21)19-8-7-9-22-24(19)16(3)13-26-22/h7-9,12-13,26H,6,10-11,14H2,1-5H3. The van der Waals surface area contributed by atoms with Crippen molar-refractivity contribution in [2.24, 2.45) is 0 Å². The molecular formula is C25H29N5. The third-order valence-corrected chi connectivity index (χ3v) is 6.54. The van der Waals surface area contributed by atoms with Crippen molar-refractivity contribution >= 4 is 16.6 Å². The van der Waals surface area contributed by atoms with Crippen molar-refractivity contribution in [3.63, 3.8) is 0 Å². The molecule has 4 heterocycles. The highest BCUT2D eigenvalue weighted by Gasteiger charge is 2.25. The Morgan fingerprint density at radius 3 is 2.70 bits per heavy atom. The van der Waals surface area contributed by atoms with Gasteiger partial charge in [-0.1, -0.05) is 12.1 Å². The van der Waals surface area contributed by atoms with Crippen LogP contribution >= 0.6 is 0 Å². The molecule has 4 aromatic rings. The number of nitrogens with zero attached hydrogens (tertiary/aromatic N) is 4. The van der Waals surface area contributed by atoms with Gasteiger partial charge in [-0.05, 0) is 63.4 Å². The molecule has 0 bridgehead atoms. The molecule has 1 aliphatic heterocycles.